The van der Waals surface area contributed by atoms with Gasteiger partial charge in [0.2, 0.25) is 0 Å². The molecule has 2 aromatic rings. The zero-order chi connectivity index (χ0) is 21.4. The number of anilines is 1. The van der Waals surface area contributed by atoms with Crippen LogP contribution in [0, 0.1) is 0 Å². The van der Waals surface area contributed by atoms with E-state index in [1.807, 2.05) is 0 Å². The largest absolute Gasteiger partial charge is 0.508 e. The van der Waals surface area contributed by atoms with Crippen molar-refractivity contribution in [3.63, 3.8) is 0 Å². The van der Waals surface area contributed by atoms with Gasteiger partial charge < -0.3 is 25.3 Å². The summed E-state index contributed by atoms with van der Waals surface area (Å²) in [5.41, 5.74) is 2.27. The molecule has 0 bridgehead atoms. The van der Waals surface area contributed by atoms with Gasteiger partial charge in [0, 0.05) is 41.4 Å². The average Bonchev–Trinajstić information content (AvgIpc) is 2.71. The molecule has 0 unspecified atom stereocenters. The molecule has 0 saturated carbocycles. The van der Waals surface area contributed by atoms with Crippen molar-refractivity contribution in [3.8, 4) is 28.2 Å². The Morgan fingerprint density at radius 1 is 1.03 bits per heavy atom. The fourth-order valence-electron chi connectivity index (χ4n) is 3.36. The van der Waals surface area contributed by atoms with Crippen LogP contribution in [0.1, 0.15) is 10.4 Å². The van der Waals surface area contributed by atoms with Crippen molar-refractivity contribution in [1.82, 2.24) is 5.32 Å². The van der Waals surface area contributed by atoms with Crippen molar-refractivity contribution < 1.29 is 19.4 Å². The number of phenols is 1. The Kier molecular flexibility index (Phi) is 4.85. The molecule has 0 atom stereocenters. The number of hydrogen-bond acceptors (Lipinski definition) is 5. The number of aromatic hydroxyl groups is 1. The predicted molar refractivity (Wildman–Crippen MR) is 118 cm³/mol. The van der Waals surface area contributed by atoms with Crippen molar-refractivity contribution in [2.24, 2.45) is 0 Å². The molecule has 7 nitrogen and oxygen atoms in total. The molecule has 2 aromatic carbocycles. The van der Waals surface area contributed by atoms with Crippen LogP contribution >= 0.6 is 12.2 Å². The maximum Gasteiger partial charge on any atom is 0.336 e. The summed E-state index contributed by atoms with van der Waals surface area (Å²) in [6, 6.07) is 13.8. The minimum Gasteiger partial charge on any atom is -0.508 e. The van der Waals surface area contributed by atoms with Crippen LogP contribution < -0.4 is 16.1 Å². The lowest BCUT2D eigenvalue weighted by Gasteiger charge is -2.17. The summed E-state index contributed by atoms with van der Waals surface area (Å²) >= 11 is 5.09. The van der Waals surface area contributed by atoms with Crippen molar-refractivity contribution in [3.05, 3.63) is 70.4 Å². The van der Waals surface area contributed by atoms with E-state index in [2.05, 4.69) is 10.6 Å². The fraction of sp³-hybridized carbons (Fsp3) is 0.0455. The molecular formula is C22H16N2O5S. The maximum atomic E-state index is 12.1. The second-order valence-corrected chi connectivity index (χ2v) is 6.99. The van der Waals surface area contributed by atoms with Gasteiger partial charge in [-0.25, -0.2) is 4.79 Å². The Balaban J connectivity index is 2.06. The van der Waals surface area contributed by atoms with E-state index in [4.69, 9.17) is 16.6 Å². The molecule has 0 spiro atoms. The number of nitrogens with one attached hydrogen (secondary N) is 2. The number of phenolic OH excluding ortho intramolecular Hbond substituents is 1. The first kappa shape index (κ1) is 19.4. The molecule has 30 heavy (non-hydrogen) atoms. The van der Waals surface area contributed by atoms with Crippen LogP contribution in [0.2, 0.25) is 0 Å². The number of thiocarbonyl (C=S) groups is 1. The molecule has 1 aliphatic carbocycles. The normalized spacial score (nSPS) is 10.8. The fourth-order valence-corrected chi connectivity index (χ4v) is 3.48. The third-order valence-electron chi connectivity index (χ3n) is 4.68. The maximum absolute atomic E-state index is 12.1. The van der Waals surface area contributed by atoms with E-state index < -0.39 is 5.97 Å². The molecule has 1 heterocycles. The summed E-state index contributed by atoms with van der Waals surface area (Å²) in [6.07, 6.45) is 0. The Morgan fingerprint density at radius 2 is 1.80 bits per heavy atom. The quantitative estimate of drug-likeness (QED) is 0.292. The highest BCUT2D eigenvalue weighted by atomic mass is 32.1. The van der Waals surface area contributed by atoms with Gasteiger partial charge in [0.15, 0.2) is 10.5 Å². The van der Waals surface area contributed by atoms with Gasteiger partial charge in [0.1, 0.15) is 17.1 Å². The number of hydrogen-bond donors (Lipinski definition) is 4. The van der Waals surface area contributed by atoms with Crippen molar-refractivity contribution in [2.75, 3.05) is 12.4 Å². The van der Waals surface area contributed by atoms with Crippen LogP contribution in [0.4, 0.5) is 5.69 Å². The predicted octanol–water partition coefficient (Wildman–Crippen LogP) is 3.88. The van der Waals surface area contributed by atoms with Gasteiger partial charge in [0.05, 0.1) is 5.56 Å². The van der Waals surface area contributed by atoms with Crippen LogP contribution in [-0.4, -0.2) is 28.3 Å². The Bertz CT molecular complexity index is 1350. The molecule has 150 valence electrons. The second kappa shape index (κ2) is 7.49. The van der Waals surface area contributed by atoms with Crippen molar-refractivity contribution >= 4 is 40.0 Å². The smallest absolute Gasteiger partial charge is 0.336 e. The van der Waals surface area contributed by atoms with Gasteiger partial charge in [-0.05, 0) is 54.2 Å². The topological polar surface area (TPSA) is 112 Å². The van der Waals surface area contributed by atoms with Crippen LogP contribution in [0.3, 0.4) is 0 Å². The molecule has 4 N–H and O–H groups in total. The zero-order valence-corrected chi connectivity index (χ0v) is 16.5. The highest BCUT2D eigenvalue weighted by Crippen LogP contribution is 2.42. The third-order valence-corrected chi connectivity index (χ3v) is 4.99. The minimum absolute atomic E-state index is 0.00610. The number of carbonyl (C=O) groups is 1. The van der Waals surface area contributed by atoms with E-state index >= 15 is 0 Å². The molecule has 0 radical (unpaired) electrons. The van der Waals surface area contributed by atoms with E-state index in [0.29, 0.717) is 44.2 Å². The van der Waals surface area contributed by atoms with Crippen LogP contribution in [0.25, 0.3) is 33.4 Å². The molecule has 0 amide bonds. The Morgan fingerprint density at radius 3 is 2.53 bits per heavy atom. The highest BCUT2D eigenvalue weighted by Gasteiger charge is 2.22. The summed E-state index contributed by atoms with van der Waals surface area (Å²) in [4.78, 5) is 23.9. The lowest BCUT2D eigenvalue weighted by atomic mass is 9.90. The summed E-state index contributed by atoms with van der Waals surface area (Å²) in [7, 11) is 1.66. The lowest BCUT2D eigenvalue weighted by Crippen LogP contribution is -2.24. The molecular weight excluding hydrogens is 404 g/mol. The SMILES string of the molecule is CNC(=S)Nc1ccc(-c2c3ccc(=O)cc-3oc3cc(O)ccc23)c(C(=O)O)c1. The van der Waals surface area contributed by atoms with Gasteiger partial charge in [-0.1, -0.05) is 6.07 Å². The van der Waals surface area contributed by atoms with Crippen molar-refractivity contribution in [2.45, 2.75) is 0 Å². The van der Waals surface area contributed by atoms with Gasteiger partial charge in [-0.3, -0.25) is 4.79 Å². The lowest BCUT2D eigenvalue weighted by molar-refractivity contribution is 0.0698. The average molecular weight is 420 g/mol. The van der Waals surface area contributed by atoms with E-state index in [9.17, 15) is 19.8 Å². The third kappa shape index (κ3) is 3.44. The molecule has 0 saturated heterocycles. The summed E-state index contributed by atoms with van der Waals surface area (Å²) in [5.74, 6) is -0.829. The molecule has 1 aliphatic heterocycles. The van der Waals surface area contributed by atoms with Crippen molar-refractivity contribution in [1.29, 1.82) is 0 Å². The molecule has 0 aromatic heterocycles. The number of rotatable bonds is 3. The monoisotopic (exact) mass is 420 g/mol. The summed E-state index contributed by atoms with van der Waals surface area (Å²) in [6.45, 7) is 0. The second-order valence-electron chi connectivity index (χ2n) is 6.59. The minimum atomic E-state index is -1.12. The van der Waals surface area contributed by atoms with E-state index in [1.165, 1.54) is 30.3 Å². The van der Waals surface area contributed by atoms with Crippen LogP contribution in [0.5, 0.6) is 5.75 Å². The number of carboxylic acids is 1. The summed E-state index contributed by atoms with van der Waals surface area (Å²) in [5, 5.41) is 26.4. The first-order chi connectivity index (χ1) is 14.4. The highest BCUT2D eigenvalue weighted by molar-refractivity contribution is 7.80. The molecule has 2 aliphatic rings. The first-order valence-electron chi connectivity index (χ1n) is 8.93. The van der Waals surface area contributed by atoms with Crippen LogP contribution in [0.15, 0.2) is 63.8 Å². The molecule has 8 heteroatoms. The van der Waals surface area contributed by atoms with E-state index in [-0.39, 0.29) is 16.7 Å². The van der Waals surface area contributed by atoms with Gasteiger partial charge >= 0.3 is 5.97 Å². The Hall–Kier alpha value is -3.91. The number of aromatic carboxylic acids is 1. The van der Waals surface area contributed by atoms with Gasteiger partial charge in [0.25, 0.3) is 0 Å². The number of fused-ring (bicyclic) bond motifs is 2. The summed E-state index contributed by atoms with van der Waals surface area (Å²) < 4.78 is 5.82. The van der Waals surface area contributed by atoms with Crippen LogP contribution in [-0.2, 0) is 0 Å². The van der Waals surface area contributed by atoms with Gasteiger partial charge in [-0.2, -0.15) is 0 Å². The first-order valence-corrected chi connectivity index (χ1v) is 9.34. The van der Waals surface area contributed by atoms with E-state index in [0.717, 1.165) is 0 Å². The Labute approximate surface area is 175 Å². The van der Waals surface area contributed by atoms with E-state index in [1.54, 1.807) is 31.3 Å². The molecule has 0 fully saturated rings. The number of carboxylic acid groups (broad SMARTS) is 1. The number of benzene rings is 3. The zero-order valence-electron chi connectivity index (χ0n) is 15.7. The molecule has 4 rings (SSSR count). The van der Waals surface area contributed by atoms with Gasteiger partial charge in [-0.15, -0.1) is 0 Å². The standard InChI is InChI=1S/C22H16N2O5S/c1-23-22(30)24-11-2-5-14(17(8-11)21(27)28)20-15-6-3-12(25)9-18(15)29-19-10-13(26)4-7-16(19)20/h2-10,25H,1H3,(H,27,28)(H2,23,24,30).